The third kappa shape index (κ3) is 3.95. The molecule has 238 valence electrons. The van der Waals surface area contributed by atoms with Crippen molar-refractivity contribution in [2.75, 3.05) is 0 Å². The van der Waals surface area contributed by atoms with Crippen molar-refractivity contribution in [3.05, 3.63) is 155 Å². The fraction of sp³-hybridized carbons (Fsp3) is 0.128. The molecule has 11 rings (SSSR count). The van der Waals surface area contributed by atoms with E-state index in [0.29, 0.717) is 0 Å². The average Bonchev–Trinajstić information content (AvgIpc) is 3.69. The molecule has 0 bridgehead atoms. The maximum Gasteiger partial charge on any atom is 0.137 e. The van der Waals surface area contributed by atoms with Crippen molar-refractivity contribution in [1.29, 1.82) is 0 Å². The first-order valence-electron chi connectivity index (χ1n) is 17.9. The lowest BCUT2D eigenvalue weighted by Gasteiger charge is -2.31. The van der Waals surface area contributed by atoms with Gasteiger partial charge in [-0.1, -0.05) is 77.9 Å². The van der Waals surface area contributed by atoms with Gasteiger partial charge in [-0.05, 0) is 144 Å². The summed E-state index contributed by atoms with van der Waals surface area (Å²) in [6, 6.07) is 43.0. The number of rotatable bonds is 3. The molecule has 0 amide bonds. The normalized spacial score (nSPS) is 13.5. The Bertz CT molecular complexity index is 2850. The molecular formula is C47H35N3. The van der Waals surface area contributed by atoms with Gasteiger partial charge in [0.15, 0.2) is 0 Å². The Kier molecular flexibility index (Phi) is 5.75. The summed E-state index contributed by atoms with van der Waals surface area (Å²) in [5.74, 6) is 0.976. The average molecular weight is 642 g/mol. The van der Waals surface area contributed by atoms with E-state index in [1.807, 2.05) is 12.3 Å². The van der Waals surface area contributed by atoms with Gasteiger partial charge in [0.2, 0.25) is 0 Å². The van der Waals surface area contributed by atoms with E-state index in [1.54, 1.807) is 0 Å². The highest BCUT2D eigenvalue weighted by Gasteiger charge is 2.32. The number of H-pyrrole nitrogens is 1. The zero-order valence-corrected chi connectivity index (χ0v) is 28.3. The number of aryl methyl sites for hydroxylation is 6. The van der Waals surface area contributed by atoms with E-state index >= 15 is 0 Å². The zero-order valence-electron chi connectivity index (χ0n) is 28.3. The van der Waals surface area contributed by atoms with Crippen LogP contribution in [0.2, 0.25) is 0 Å². The van der Waals surface area contributed by atoms with Crippen molar-refractivity contribution in [3.8, 4) is 39.2 Å². The summed E-state index contributed by atoms with van der Waals surface area (Å²) in [4.78, 5) is 8.82. The standard InChI is InChI=1S/C47H35N3/c1-27-6-10-29(11-7-27)31-16-20-41-37(23-31)39-25-33-14-15-34-26-40-38-24-32(30-12-8-28(2)9-13-30)17-21-42(38)50(43-5-3-4-22-48-43)47(40)36-19-18-35(46(39)49-41)44(33)45(34)36/h3-13,16-17,20-26,49H,14-15,18-19H2,1-2H3. The number of aromatic amines is 1. The molecular weight excluding hydrogens is 607 g/mol. The van der Waals surface area contributed by atoms with E-state index in [4.69, 9.17) is 4.98 Å². The molecule has 0 fully saturated rings. The minimum atomic E-state index is 0.976. The number of hydrogen-bond acceptors (Lipinski definition) is 1. The van der Waals surface area contributed by atoms with Gasteiger partial charge in [0.05, 0.1) is 16.6 Å². The van der Waals surface area contributed by atoms with Gasteiger partial charge in [-0.3, -0.25) is 4.57 Å². The van der Waals surface area contributed by atoms with Crippen molar-refractivity contribution in [2.45, 2.75) is 39.5 Å². The van der Waals surface area contributed by atoms with Crippen LogP contribution in [0.5, 0.6) is 0 Å². The number of pyridine rings is 1. The van der Waals surface area contributed by atoms with Gasteiger partial charge in [0.25, 0.3) is 0 Å². The molecule has 9 aromatic rings. The highest BCUT2D eigenvalue weighted by Crippen LogP contribution is 2.50. The number of benzene rings is 6. The smallest absolute Gasteiger partial charge is 0.137 e. The molecule has 2 aliphatic carbocycles. The first-order chi connectivity index (χ1) is 24.6. The Morgan fingerprint density at radius 1 is 0.540 bits per heavy atom. The topological polar surface area (TPSA) is 33.6 Å². The Morgan fingerprint density at radius 2 is 1.16 bits per heavy atom. The van der Waals surface area contributed by atoms with Crippen LogP contribution in [0.1, 0.15) is 33.4 Å². The predicted octanol–water partition coefficient (Wildman–Crippen LogP) is 11.6. The van der Waals surface area contributed by atoms with Gasteiger partial charge < -0.3 is 4.98 Å². The molecule has 3 heteroatoms. The molecule has 2 aliphatic rings. The summed E-state index contributed by atoms with van der Waals surface area (Å²) >= 11 is 0. The number of aromatic nitrogens is 3. The summed E-state index contributed by atoms with van der Waals surface area (Å²) in [6.45, 7) is 4.30. The van der Waals surface area contributed by atoms with E-state index in [1.165, 1.54) is 110 Å². The summed E-state index contributed by atoms with van der Waals surface area (Å²) in [6.07, 6.45) is 6.06. The van der Waals surface area contributed by atoms with Crippen LogP contribution in [0.3, 0.4) is 0 Å². The predicted molar refractivity (Wildman–Crippen MR) is 209 cm³/mol. The summed E-state index contributed by atoms with van der Waals surface area (Å²) in [5.41, 5.74) is 21.6. The van der Waals surface area contributed by atoms with Gasteiger partial charge in [-0.25, -0.2) is 4.98 Å². The first-order valence-corrected chi connectivity index (χ1v) is 17.9. The lowest BCUT2D eigenvalue weighted by atomic mass is 9.74. The second-order valence-corrected chi connectivity index (χ2v) is 14.5. The Hall–Kier alpha value is -5.93. The van der Waals surface area contributed by atoms with Crippen LogP contribution in [-0.4, -0.2) is 14.5 Å². The van der Waals surface area contributed by atoms with Gasteiger partial charge in [0, 0.05) is 33.3 Å². The third-order valence-electron chi connectivity index (χ3n) is 11.5. The van der Waals surface area contributed by atoms with Gasteiger partial charge in [-0.2, -0.15) is 0 Å². The van der Waals surface area contributed by atoms with Crippen molar-refractivity contribution in [2.24, 2.45) is 0 Å². The maximum absolute atomic E-state index is 4.92. The molecule has 0 unspecified atom stereocenters. The quantitative estimate of drug-likeness (QED) is 0.205. The molecule has 0 saturated carbocycles. The molecule has 3 heterocycles. The Morgan fingerprint density at radius 3 is 1.86 bits per heavy atom. The molecule has 0 radical (unpaired) electrons. The van der Waals surface area contributed by atoms with Crippen LogP contribution in [0.4, 0.5) is 0 Å². The van der Waals surface area contributed by atoms with Crippen LogP contribution >= 0.6 is 0 Å². The number of fused-ring (bicyclic) bond motifs is 8. The molecule has 3 aromatic heterocycles. The SMILES string of the molecule is Cc1ccc(-c2ccc3[nH]c4c5c6c(cc4c3c2)CCc2cc3c4cc(-c7ccc(C)cc7)ccc4n(-c4ccccn4)c3c(c2-6)CC5)cc1. The minimum Gasteiger partial charge on any atom is -0.354 e. The van der Waals surface area contributed by atoms with Gasteiger partial charge >= 0.3 is 0 Å². The van der Waals surface area contributed by atoms with Crippen molar-refractivity contribution < 1.29 is 0 Å². The summed E-state index contributed by atoms with van der Waals surface area (Å²) in [5, 5.41) is 5.33. The summed E-state index contributed by atoms with van der Waals surface area (Å²) in [7, 11) is 0. The minimum absolute atomic E-state index is 0.976. The number of hydrogen-bond donors (Lipinski definition) is 1. The summed E-state index contributed by atoms with van der Waals surface area (Å²) < 4.78 is 2.44. The molecule has 0 aliphatic heterocycles. The third-order valence-corrected chi connectivity index (χ3v) is 11.5. The lowest BCUT2D eigenvalue weighted by Crippen LogP contribution is -2.15. The Labute approximate surface area is 290 Å². The zero-order chi connectivity index (χ0) is 33.1. The second-order valence-electron chi connectivity index (χ2n) is 14.5. The molecule has 50 heavy (non-hydrogen) atoms. The fourth-order valence-electron chi connectivity index (χ4n) is 9.09. The molecule has 6 aromatic carbocycles. The van der Waals surface area contributed by atoms with Crippen LogP contribution in [0.25, 0.3) is 82.8 Å². The van der Waals surface area contributed by atoms with Crippen molar-refractivity contribution >= 4 is 43.6 Å². The van der Waals surface area contributed by atoms with Crippen LogP contribution in [0, 0.1) is 13.8 Å². The molecule has 3 nitrogen and oxygen atoms in total. The highest BCUT2D eigenvalue weighted by molar-refractivity contribution is 6.16. The van der Waals surface area contributed by atoms with Gasteiger partial charge in [-0.15, -0.1) is 0 Å². The molecule has 0 spiro atoms. The van der Waals surface area contributed by atoms with E-state index in [9.17, 15) is 0 Å². The highest BCUT2D eigenvalue weighted by atomic mass is 15.1. The van der Waals surface area contributed by atoms with E-state index in [2.05, 4.69) is 133 Å². The number of nitrogens with zero attached hydrogens (tertiary/aromatic N) is 2. The molecule has 1 N–H and O–H groups in total. The van der Waals surface area contributed by atoms with E-state index in [-0.39, 0.29) is 0 Å². The van der Waals surface area contributed by atoms with E-state index in [0.717, 1.165) is 31.5 Å². The van der Waals surface area contributed by atoms with E-state index < -0.39 is 0 Å². The van der Waals surface area contributed by atoms with Crippen molar-refractivity contribution in [1.82, 2.24) is 14.5 Å². The maximum atomic E-state index is 4.92. The first kappa shape index (κ1) is 28.0. The largest absolute Gasteiger partial charge is 0.354 e. The fourth-order valence-corrected chi connectivity index (χ4v) is 9.09. The van der Waals surface area contributed by atoms with Crippen LogP contribution in [-0.2, 0) is 25.7 Å². The van der Waals surface area contributed by atoms with Gasteiger partial charge in [0.1, 0.15) is 5.82 Å². The molecule has 0 atom stereocenters. The molecule has 0 saturated heterocycles. The Balaban J connectivity index is 1.17. The number of nitrogens with one attached hydrogen (secondary N) is 1. The monoisotopic (exact) mass is 641 g/mol. The van der Waals surface area contributed by atoms with Crippen molar-refractivity contribution in [3.63, 3.8) is 0 Å². The second kappa shape index (κ2) is 10.3. The lowest BCUT2D eigenvalue weighted by molar-refractivity contribution is 0.884. The van der Waals surface area contributed by atoms with Crippen LogP contribution < -0.4 is 0 Å². The van der Waals surface area contributed by atoms with Crippen LogP contribution in [0.15, 0.2) is 121 Å².